The number of hydrogen-bond donors (Lipinski definition) is 2. The largest absolute Gasteiger partial charge is 0.459 e. The highest BCUT2D eigenvalue weighted by Crippen LogP contribution is 2.22. The molecule has 0 fully saturated rings. The van der Waals surface area contributed by atoms with Crippen LogP contribution in [-0.4, -0.2) is 11.8 Å². The van der Waals surface area contributed by atoms with Crippen LogP contribution < -0.4 is 10.6 Å². The van der Waals surface area contributed by atoms with Crippen LogP contribution in [-0.2, 0) is 0 Å². The molecule has 0 bridgehead atoms. The second kappa shape index (κ2) is 7.36. The van der Waals surface area contributed by atoms with E-state index in [0.29, 0.717) is 16.8 Å². The van der Waals surface area contributed by atoms with E-state index in [4.69, 9.17) is 4.42 Å². The third-order valence-corrected chi connectivity index (χ3v) is 4.94. The lowest BCUT2D eigenvalue weighted by Crippen LogP contribution is -2.27. The van der Waals surface area contributed by atoms with Crippen LogP contribution in [0.5, 0.6) is 0 Å². The fraction of sp³-hybridized carbons (Fsp3) is 0.158. The number of rotatable bonds is 5. The Labute approximate surface area is 149 Å². The van der Waals surface area contributed by atoms with Gasteiger partial charge < -0.3 is 15.1 Å². The third kappa shape index (κ3) is 3.80. The van der Waals surface area contributed by atoms with Crippen LogP contribution in [0.25, 0.3) is 0 Å². The third-order valence-electron chi connectivity index (χ3n) is 3.89. The molecule has 2 amide bonds. The highest BCUT2D eigenvalue weighted by atomic mass is 32.1. The lowest BCUT2D eigenvalue weighted by molar-refractivity contribution is 0.0938. The number of carbonyl (C=O) groups is 2. The van der Waals surface area contributed by atoms with E-state index >= 15 is 0 Å². The minimum absolute atomic E-state index is 0.0757. The van der Waals surface area contributed by atoms with Crippen molar-refractivity contribution in [3.63, 3.8) is 0 Å². The van der Waals surface area contributed by atoms with Gasteiger partial charge in [0.2, 0.25) is 0 Å². The lowest BCUT2D eigenvalue weighted by Gasteiger charge is -2.15. The molecule has 0 spiro atoms. The van der Waals surface area contributed by atoms with Crippen LogP contribution in [0.4, 0.5) is 5.69 Å². The molecule has 2 aromatic heterocycles. The topological polar surface area (TPSA) is 71.3 Å². The second-order valence-corrected chi connectivity index (χ2v) is 6.60. The number of thiophene rings is 1. The zero-order chi connectivity index (χ0) is 17.8. The van der Waals surface area contributed by atoms with Crippen molar-refractivity contribution in [2.75, 3.05) is 5.32 Å². The maximum absolute atomic E-state index is 12.6. The van der Waals surface area contributed by atoms with Crippen molar-refractivity contribution >= 4 is 28.8 Å². The minimum Gasteiger partial charge on any atom is -0.459 e. The van der Waals surface area contributed by atoms with Crippen molar-refractivity contribution in [2.45, 2.75) is 19.9 Å². The summed E-state index contributed by atoms with van der Waals surface area (Å²) in [6, 6.07) is 12.4. The fourth-order valence-corrected chi connectivity index (χ4v) is 3.23. The Hall–Kier alpha value is -2.86. The van der Waals surface area contributed by atoms with Gasteiger partial charge in [0, 0.05) is 16.1 Å². The first kappa shape index (κ1) is 17.0. The van der Waals surface area contributed by atoms with Gasteiger partial charge in [-0.25, -0.2) is 0 Å². The molecule has 0 saturated carbocycles. The van der Waals surface area contributed by atoms with Crippen LogP contribution in [0.1, 0.15) is 44.3 Å². The van der Waals surface area contributed by atoms with Crippen LogP contribution in [0.2, 0.25) is 0 Å². The molecule has 1 atom stereocenters. The Balaban J connectivity index is 1.76. The summed E-state index contributed by atoms with van der Waals surface area (Å²) in [6.45, 7) is 3.75. The first-order valence-electron chi connectivity index (χ1n) is 7.85. The van der Waals surface area contributed by atoms with Gasteiger partial charge in [-0.3, -0.25) is 9.59 Å². The van der Waals surface area contributed by atoms with Gasteiger partial charge in [0.05, 0.1) is 12.3 Å². The molecule has 128 valence electrons. The highest BCUT2D eigenvalue weighted by Gasteiger charge is 2.17. The summed E-state index contributed by atoms with van der Waals surface area (Å²) >= 11 is 1.60. The summed E-state index contributed by atoms with van der Waals surface area (Å²) in [7, 11) is 0. The fourth-order valence-electron chi connectivity index (χ4n) is 2.49. The Kier molecular flexibility index (Phi) is 5.00. The first-order valence-corrected chi connectivity index (χ1v) is 8.73. The normalized spacial score (nSPS) is 11.8. The minimum atomic E-state index is -0.349. The van der Waals surface area contributed by atoms with Crippen LogP contribution in [0.15, 0.2) is 58.5 Å². The Bertz CT molecular complexity index is 870. The number of amides is 2. The molecule has 0 saturated heterocycles. The molecular weight excluding hydrogens is 336 g/mol. The summed E-state index contributed by atoms with van der Waals surface area (Å²) in [5.41, 5.74) is 1.82. The summed E-state index contributed by atoms with van der Waals surface area (Å²) in [4.78, 5) is 25.8. The van der Waals surface area contributed by atoms with Crippen molar-refractivity contribution < 1.29 is 14.0 Å². The van der Waals surface area contributed by atoms with Gasteiger partial charge >= 0.3 is 0 Å². The van der Waals surface area contributed by atoms with Gasteiger partial charge in [0.1, 0.15) is 0 Å². The average molecular weight is 354 g/mol. The summed E-state index contributed by atoms with van der Waals surface area (Å²) in [5.74, 6) is -0.300. The van der Waals surface area contributed by atoms with E-state index in [2.05, 4.69) is 10.6 Å². The maximum atomic E-state index is 12.6. The van der Waals surface area contributed by atoms with Crippen LogP contribution in [0, 0.1) is 6.92 Å². The van der Waals surface area contributed by atoms with Crippen LogP contribution >= 0.6 is 11.3 Å². The van der Waals surface area contributed by atoms with E-state index in [-0.39, 0.29) is 23.6 Å². The molecule has 2 N–H and O–H groups in total. The van der Waals surface area contributed by atoms with E-state index in [1.165, 1.54) is 6.26 Å². The molecule has 1 aromatic carbocycles. The van der Waals surface area contributed by atoms with E-state index < -0.39 is 0 Å². The number of benzene rings is 1. The summed E-state index contributed by atoms with van der Waals surface area (Å²) in [5, 5.41) is 7.75. The predicted molar refractivity (Wildman–Crippen MR) is 98.0 cm³/mol. The molecule has 0 aliphatic heterocycles. The Morgan fingerprint density at radius 1 is 1.08 bits per heavy atom. The van der Waals surface area contributed by atoms with Gasteiger partial charge in [0.15, 0.2) is 5.76 Å². The monoisotopic (exact) mass is 354 g/mol. The molecule has 3 aromatic rings. The summed E-state index contributed by atoms with van der Waals surface area (Å²) < 4.78 is 5.09. The smallest absolute Gasteiger partial charge is 0.291 e. The standard InChI is InChI=1S/C19H18N2O3S/c1-12-14(18(22)20-13(2)17-9-5-11-25-17)6-3-7-15(12)21-19(23)16-8-4-10-24-16/h3-11,13H,1-2H3,(H,20,22)(H,21,23). The number of nitrogens with one attached hydrogen (secondary N) is 2. The second-order valence-electron chi connectivity index (χ2n) is 5.62. The Morgan fingerprint density at radius 2 is 1.92 bits per heavy atom. The molecule has 5 nitrogen and oxygen atoms in total. The number of carbonyl (C=O) groups excluding carboxylic acids is 2. The van der Waals surface area contributed by atoms with Gasteiger partial charge in [-0.05, 0) is 55.1 Å². The number of furan rings is 1. The zero-order valence-electron chi connectivity index (χ0n) is 13.9. The molecule has 6 heteroatoms. The maximum Gasteiger partial charge on any atom is 0.291 e. The van der Waals surface area contributed by atoms with Gasteiger partial charge in [-0.1, -0.05) is 12.1 Å². The number of anilines is 1. The summed E-state index contributed by atoms with van der Waals surface area (Å²) in [6.07, 6.45) is 1.44. The zero-order valence-corrected chi connectivity index (χ0v) is 14.7. The predicted octanol–water partition coefficient (Wildman–Crippen LogP) is 4.39. The van der Waals surface area contributed by atoms with Crippen molar-refractivity contribution in [1.82, 2.24) is 5.32 Å². The van der Waals surface area contributed by atoms with Crippen molar-refractivity contribution in [3.05, 3.63) is 75.9 Å². The van der Waals surface area contributed by atoms with Gasteiger partial charge in [-0.2, -0.15) is 0 Å². The lowest BCUT2D eigenvalue weighted by atomic mass is 10.1. The van der Waals surface area contributed by atoms with Gasteiger partial charge in [0.25, 0.3) is 11.8 Å². The Morgan fingerprint density at radius 3 is 2.60 bits per heavy atom. The van der Waals surface area contributed by atoms with Crippen molar-refractivity contribution in [3.8, 4) is 0 Å². The molecule has 1 unspecified atom stereocenters. The van der Waals surface area contributed by atoms with E-state index in [1.54, 1.807) is 41.7 Å². The SMILES string of the molecule is Cc1c(NC(=O)c2ccco2)cccc1C(=O)NC(C)c1cccs1. The molecule has 0 aliphatic carbocycles. The number of hydrogen-bond acceptors (Lipinski definition) is 4. The average Bonchev–Trinajstić information content (AvgIpc) is 3.30. The molecule has 0 aliphatic rings. The highest BCUT2D eigenvalue weighted by molar-refractivity contribution is 7.10. The van der Waals surface area contributed by atoms with E-state index in [0.717, 1.165) is 4.88 Å². The van der Waals surface area contributed by atoms with Crippen molar-refractivity contribution in [2.24, 2.45) is 0 Å². The van der Waals surface area contributed by atoms with E-state index in [1.807, 2.05) is 31.4 Å². The van der Waals surface area contributed by atoms with E-state index in [9.17, 15) is 9.59 Å². The molecule has 25 heavy (non-hydrogen) atoms. The quantitative estimate of drug-likeness (QED) is 0.714. The van der Waals surface area contributed by atoms with Crippen LogP contribution in [0.3, 0.4) is 0 Å². The molecule has 3 rings (SSSR count). The molecule has 0 radical (unpaired) electrons. The molecular formula is C19H18N2O3S. The molecule has 2 heterocycles. The van der Waals surface area contributed by atoms with Gasteiger partial charge in [-0.15, -0.1) is 11.3 Å². The first-order chi connectivity index (χ1) is 12.1. The van der Waals surface area contributed by atoms with Crippen molar-refractivity contribution in [1.29, 1.82) is 0 Å².